The van der Waals surface area contributed by atoms with E-state index in [-0.39, 0.29) is 18.0 Å². The molecule has 1 aliphatic carbocycles. The molecular weight excluding hydrogens is 228 g/mol. The smallest absolute Gasteiger partial charge is 0.255 e. The summed E-state index contributed by atoms with van der Waals surface area (Å²) in [6.45, 7) is 0.0213. The molecular formula is C14H16N2O2. The second-order valence-electron chi connectivity index (χ2n) is 5.14. The predicted molar refractivity (Wildman–Crippen MR) is 66.8 cm³/mol. The fraction of sp³-hybridized carbons (Fsp3) is 0.429. The Morgan fingerprint density at radius 2 is 1.94 bits per heavy atom. The van der Waals surface area contributed by atoms with E-state index in [0.29, 0.717) is 0 Å². The van der Waals surface area contributed by atoms with Gasteiger partial charge in [0.1, 0.15) is 6.54 Å². The number of carbonyl (C=O) groups is 2. The van der Waals surface area contributed by atoms with Crippen LogP contribution in [0.2, 0.25) is 0 Å². The normalized spacial score (nSPS) is 20.4. The highest BCUT2D eigenvalue weighted by Crippen LogP contribution is 2.49. The first-order chi connectivity index (χ1) is 8.65. The number of amides is 2. The second kappa shape index (κ2) is 3.83. The highest BCUT2D eigenvalue weighted by Gasteiger charge is 2.50. The van der Waals surface area contributed by atoms with E-state index >= 15 is 0 Å². The van der Waals surface area contributed by atoms with Crippen molar-refractivity contribution in [3.05, 3.63) is 35.4 Å². The van der Waals surface area contributed by atoms with E-state index in [0.717, 1.165) is 36.8 Å². The summed E-state index contributed by atoms with van der Waals surface area (Å²) in [7, 11) is 0. The van der Waals surface area contributed by atoms with Gasteiger partial charge < -0.3 is 10.6 Å². The number of hydrogen-bond acceptors (Lipinski definition) is 2. The molecule has 0 atom stereocenters. The predicted octanol–water partition coefficient (Wildman–Crippen LogP) is 1.40. The molecule has 4 heteroatoms. The van der Waals surface area contributed by atoms with Crippen LogP contribution >= 0.6 is 0 Å². The molecule has 0 radical (unpaired) electrons. The van der Waals surface area contributed by atoms with E-state index in [4.69, 9.17) is 5.73 Å². The minimum atomic E-state index is -0.442. The number of rotatable bonds is 2. The third kappa shape index (κ3) is 1.38. The van der Waals surface area contributed by atoms with Gasteiger partial charge in [0, 0.05) is 5.56 Å². The van der Waals surface area contributed by atoms with E-state index in [2.05, 4.69) is 0 Å². The van der Waals surface area contributed by atoms with E-state index in [9.17, 15) is 9.59 Å². The zero-order valence-corrected chi connectivity index (χ0v) is 10.2. The zero-order chi connectivity index (χ0) is 12.8. The van der Waals surface area contributed by atoms with Crippen LogP contribution in [-0.4, -0.2) is 23.3 Å². The first kappa shape index (κ1) is 11.3. The lowest BCUT2D eigenvalue weighted by Crippen LogP contribution is -2.46. The van der Waals surface area contributed by atoms with Crippen molar-refractivity contribution in [1.29, 1.82) is 0 Å². The van der Waals surface area contributed by atoms with Crippen LogP contribution in [0.5, 0.6) is 0 Å². The Labute approximate surface area is 106 Å². The van der Waals surface area contributed by atoms with Crippen molar-refractivity contribution < 1.29 is 9.59 Å². The summed E-state index contributed by atoms with van der Waals surface area (Å²) in [6.07, 6.45) is 4.06. The van der Waals surface area contributed by atoms with Crippen molar-refractivity contribution in [2.75, 3.05) is 6.54 Å². The van der Waals surface area contributed by atoms with Crippen LogP contribution in [0.15, 0.2) is 24.3 Å². The van der Waals surface area contributed by atoms with Crippen LogP contribution < -0.4 is 5.73 Å². The van der Waals surface area contributed by atoms with Crippen molar-refractivity contribution in [2.24, 2.45) is 5.73 Å². The molecule has 3 rings (SSSR count). The Morgan fingerprint density at radius 1 is 1.28 bits per heavy atom. The SMILES string of the molecule is NC(=O)CN1C(=O)c2ccccc2C12CCCC2. The monoisotopic (exact) mass is 244 g/mol. The number of nitrogens with zero attached hydrogens (tertiary/aromatic N) is 1. The van der Waals surface area contributed by atoms with Gasteiger partial charge in [-0.3, -0.25) is 9.59 Å². The van der Waals surface area contributed by atoms with Crippen LogP contribution in [0, 0.1) is 0 Å². The largest absolute Gasteiger partial charge is 0.368 e. The van der Waals surface area contributed by atoms with Gasteiger partial charge in [-0.1, -0.05) is 31.0 Å². The second-order valence-corrected chi connectivity index (χ2v) is 5.14. The molecule has 1 aliphatic heterocycles. The Balaban J connectivity index is 2.12. The van der Waals surface area contributed by atoms with Gasteiger partial charge in [-0.05, 0) is 24.5 Å². The van der Waals surface area contributed by atoms with Gasteiger partial charge >= 0.3 is 0 Å². The molecule has 2 amide bonds. The van der Waals surface area contributed by atoms with Crippen molar-refractivity contribution >= 4 is 11.8 Å². The highest BCUT2D eigenvalue weighted by molar-refractivity contribution is 6.01. The van der Waals surface area contributed by atoms with Crippen LogP contribution in [0.25, 0.3) is 0 Å². The summed E-state index contributed by atoms with van der Waals surface area (Å²) in [5, 5.41) is 0. The number of fused-ring (bicyclic) bond motifs is 2. The van der Waals surface area contributed by atoms with Gasteiger partial charge in [-0.2, -0.15) is 0 Å². The number of benzene rings is 1. The topological polar surface area (TPSA) is 63.4 Å². The van der Waals surface area contributed by atoms with Crippen LogP contribution in [0.1, 0.15) is 41.6 Å². The van der Waals surface area contributed by atoms with Crippen molar-refractivity contribution in [3.8, 4) is 0 Å². The summed E-state index contributed by atoms with van der Waals surface area (Å²) in [6, 6.07) is 7.69. The van der Waals surface area contributed by atoms with E-state index < -0.39 is 5.91 Å². The third-order valence-corrected chi connectivity index (χ3v) is 4.17. The van der Waals surface area contributed by atoms with Crippen molar-refractivity contribution in [1.82, 2.24) is 4.90 Å². The molecule has 1 heterocycles. The summed E-state index contributed by atoms with van der Waals surface area (Å²) in [5.41, 5.74) is 6.83. The van der Waals surface area contributed by atoms with Gasteiger partial charge in [0.05, 0.1) is 5.54 Å². The van der Waals surface area contributed by atoms with Gasteiger partial charge in [-0.15, -0.1) is 0 Å². The van der Waals surface area contributed by atoms with Crippen LogP contribution in [0.3, 0.4) is 0 Å². The average molecular weight is 244 g/mol. The molecule has 4 nitrogen and oxygen atoms in total. The molecule has 1 saturated carbocycles. The van der Waals surface area contributed by atoms with Gasteiger partial charge in [0.25, 0.3) is 5.91 Å². The van der Waals surface area contributed by atoms with Crippen LogP contribution in [-0.2, 0) is 10.3 Å². The molecule has 0 saturated heterocycles. The molecule has 1 aromatic rings. The number of primary amides is 1. The fourth-order valence-electron chi connectivity index (χ4n) is 3.44. The quantitative estimate of drug-likeness (QED) is 0.854. The van der Waals surface area contributed by atoms with E-state index in [1.807, 2.05) is 24.3 Å². The molecule has 1 aromatic carbocycles. The Hall–Kier alpha value is -1.84. The molecule has 2 aliphatic rings. The number of carbonyl (C=O) groups excluding carboxylic acids is 2. The Bertz CT molecular complexity index is 518. The maximum Gasteiger partial charge on any atom is 0.255 e. The maximum atomic E-state index is 12.4. The molecule has 0 unspecified atom stereocenters. The molecule has 2 N–H and O–H groups in total. The lowest BCUT2D eigenvalue weighted by Gasteiger charge is -2.35. The molecule has 18 heavy (non-hydrogen) atoms. The highest BCUT2D eigenvalue weighted by atomic mass is 16.2. The summed E-state index contributed by atoms with van der Waals surface area (Å²) in [5.74, 6) is -0.492. The summed E-state index contributed by atoms with van der Waals surface area (Å²) >= 11 is 0. The van der Waals surface area contributed by atoms with Crippen LogP contribution in [0.4, 0.5) is 0 Å². The maximum absolute atomic E-state index is 12.4. The number of hydrogen-bond donors (Lipinski definition) is 1. The first-order valence-corrected chi connectivity index (χ1v) is 6.35. The summed E-state index contributed by atoms with van der Waals surface area (Å²) in [4.78, 5) is 25.3. The Kier molecular flexibility index (Phi) is 2.40. The van der Waals surface area contributed by atoms with Gasteiger partial charge in [0.2, 0.25) is 5.91 Å². The molecule has 1 fully saturated rings. The Morgan fingerprint density at radius 3 is 2.61 bits per heavy atom. The molecule has 94 valence electrons. The standard InChI is InChI=1S/C14H16N2O2/c15-12(17)9-16-13(18)10-5-1-2-6-11(10)14(16)7-3-4-8-14/h1-2,5-6H,3-4,7-9H2,(H2,15,17). The molecule has 0 aromatic heterocycles. The van der Waals surface area contributed by atoms with Crippen molar-refractivity contribution in [2.45, 2.75) is 31.2 Å². The van der Waals surface area contributed by atoms with E-state index in [1.54, 1.807) is 4.90 Å². The van der Waals surface area contributed by atoms with Gasteiger partial charge in [0.15, 0.2) is 0 Å². The van der Waals surface area contributed by atoms with Crippen molar-refractivity contribution in [3.63, 3.8) is 0 Å². The lowest BCUT2D eigenvalue weighted by molar-refractivity contribution is -0.119. The average Bonchev–Trinajstić information content (AvgIpc) is 2.92. The molecule has 0 bridgehead atoms. The minimum absolute atomic E-state index is 0.0213. The van der Waals surface area contributed by atoms with E-state index in [1.165, 1.54) is 0 Å². The van der Waals surface area contributed by atoms with Gasteiger partial charge in [-0.25, -0.2) is 0 Å². The lowest BCUT2D eigenvalue weighted by atomic mass is 9.88. The molecule has 1 spiro atoms. The zero-order valence-electron chi connectivity index (χ0n) is 10.2. The number of nitrogens with two attached hydrogens (primary N) is 1. The minimum Gasteiger partial charge on any atom is -0.368 e. The summed E-state index contributed by atoms with van der Waals surface area (Å²) < 4.78 is 0. The first-order valence-electron chi connectivity index (χ1n) is 6.35. The third-order valence-electron chi connectivity index (χ3n) is 4.17. The fourth-order valence-corrected chi connectivity index (χ4v) is 3.44.